The molecule has 3 aromatic rings. The third-order valence-corrected chi connectivity index (χ3v) is 4.43. The highest BCUT2D eigenvalue weighted by molar-refractivity contribution is 6.05. The molecule has 0 fully saturated rings. The van der Waals surface area contributed by atoms with Gasteiger partial charge in [0.05, 0.1) is 20.8 Å². The van der Waals surface area contributed by atoms with E-state index in [-0.39, 0.29) is 5.91 Å². The molecule has 0 bridgehead atoms. The molecular formula is C24H24N2O4. The SMILES string of the molecule is C=CCOc1ccc(C(=O)N(Cc2ccc(OC)c(OC)c2)c2ccccn2)cc1. The number of carbonyl (C=O) groups is 1. The van der Waals surface area contributed by atoms with Crippen LogP contribution in [0.25, 0.3) is 0 Å². The van der Waals surface area contributed by atoms with Crippen molar-refractivity contribution in [3.8, 4) is 17.2 Å². The van der Waals surface area contributed by atoms with Crippen LogP contribution in [0.1, 0.15) is 15.9 Å². The molecule has 0 unspecified atom stereocenters. The molecule has 0 atom stereocenters. The van der Waals surface area contributed by atoms with Crippen molar-refractivity contribution in [1.82, 2.24) is 4.98 Å². The number of pyridine rings is 1. The molecule has 1 amide bonds. The van der Waals surface area contributed by atoms with Crippen LogP contribution >= 0.6 is 0 Å². The molecule has 0 radical (unpaired) electrons. The van der Waals surface area contributed by atoms with Gasteiger partial charge in [-0.25, -0.2) is 4.98 Å². The maximum absolute atomic E-state index is 13.3. The van der Waals surface area contributed by atoms with Gasteiger partial charge in [-0.1, -0.05) is 24.8 Å². The number of hydrogen-bond donors (Lipinski definition) is 0. The van der Waals surface area contributed by atoms with Gasteiger partial charge in [0.1, 0.15) is 18.2 Å². The van der Waals surface area contributed by atoms with Gasteiger partial charge >= 0.3 is 0 Å². The Morgan fingerprint density at radius 3 is 2.43 bits per heavy atom. The quantitative estimate of drug-likeness (QED) is 0.491. The third-order valence-electron chi connectivity index (χ3n) is 4.43. The molecule has 6 heteroatoms. The number of rotatable bonds is 9. The van der Waals surface area contributed by atoms with Gasteiger partial charge in [-0.05, 0) is 54.1 Å². The molecule has 0 aliphatic rings. The normalized spacial score (nSPS) is 10.2. The minimum atomic E-state index is -0.168. The fourth-order valence-corrected chi connectivity index (χ4v) is 2.94. The van der Waals surface area contributed by atoms with Crippen molar-refractivity contribution < 1.29 is 19.0 Å². The van der Waals surface area contributed by atoms with Crippen LogP contribution in [0.15, 0.2) is 79.5 Å². The summed E-state index contributed by atoms with van der Waals surface area (Å²) < 4.78 is 16.2. The lowest BCUT2D eigenvalue weighted by molar-refractivity contribution is 0.0984. The van der Waals surface area contributed by atoms with Gasteiger partial charge in [0.25, 0.3) is 5.91 Å². The Balaban J connectivity index is 1.90. The fourth-order valence-electron chi connectivity index (χ4n) is 2.94. The number of aromatic nitrogens is 1. The van der Waals surface area contributed by atoms with Crippen molar-refractivity contribution in [3.63, 3.8) is 0 Å². The standard InChI is InChI=1S/C24H24N2O4/c1-4-15-30-20-11-9-19(10-12-20)24(27)26(23-7-5-6-14-25-23)17-18-8-13-21(28-2)22(16-18)29-3/h4-14,16H,1,15,17H2,2-3H3. The van der Waals surface area contributed by atoms with Gasteiger partial charge in [0.2, 0.25) is 0 Å². The van der Waals surface area contributed by atoms with Crippen LogP contribution in [0.3, 0.4) is 0 Å². The maximum Gasteiger partial charge on any atom is 0.259 e. The Kier molecular flexibility index (Phi) is 7.05. The molecule has 1 aromatic heterocycles. The molecule has 0 spiro atoms. The molecule has 1 heterocycles. The lowest BCUT2D eigenvalue weighted by Crippen LogP contribution is -2.31. The summed E-state index contributed by atoms with van der Waals surface area (Å²) in [6, 6.07) is 18.1. The van der Waals surface area contributed by atoms with Crippen molar-refractivity contribution in [2.45, 2.75) is 6.54 Å². The zero-order valence-corrected chi connectivity index (χ0v) is 17.1. The van der Waals surface area contributed by atoms with E-state index in [0.29, 0.717) is 41.8 Å². The Bertz CT molecular complexity index is 988. The minimum Gasteiger partial charge on any atom is -0.493 e. The van der Waals surface area contributed by atoms with E-state index < -0.39 is 0 Å². The van der Waals surface area contributed by atoms with Crippen LogP contribution in [-0.4, -0.2) is 31.7 Å². The highest BCUT2D eigenvalue weighted by Crippen LogP contribution is 2.29. The molecule has 154 valence electrons. The topological polar surface area (TPSA) is 60.9 Å². The first kappa shape index (κ1) is 20.9. The highest BCUT2D eigenvalue weighted by atomic mass is 16.5. The first-order valence-corrected chi connectivity index (χ1v) is 9.44. The summed E-state index contributed by atoms with van der Waals surface area (Å²) in [7, 11) is 3.17. The number of hydrogen-bond acceptors (Lipinski definition) is 5. The molecule has 0 aliphatic heterocycles. The van der Waals surface area contributed by atoms with E-state index in [1.807, 2.05) is 30.3 Å². The molecule has 0 saturated heterocycles. The zero-order valence-electron chi connectivity index (χ0n) is 17.1. The summed E-state index contributed by atoms with van der Waals surface area (Å²) in [6.07, 6.45) is 3.33. The Morgan fingerprint density at radius 2 is 1.80 bits per heavy atom. The van der Waals surface area contributed by atoms with Crippen molar-refractivity contribution in [1.29, 1.82) is 0 Å². The number of ether oxygens (including phenoxy) is 3. The number of carbonyl (C=O) groups excluding carboxylic acids is 1. The lowest BCUT2D eigenvalue weighted by Gasteiger charge is -2.22. The summed E-state index contributed by atoms with van der Waals surface area (Å²) in [5, 5.41) is 0. The van der Waals surface area contributed by atoms with E-state index in [0.717, 1.165) is 5.56 Å². The fraction of sp³-hybridized carbons (Fsp3) is 0.167. The first-order valence-electron chi connectivity index (χ1n) is 9.44. The second-order valence-corrected chi connectivity index (χ2v) is 6.39. The second kappa shape index (κ2) is 10.1. The van der Waals surface area contributed by atoms with E-state index >= 15 is 0 Å². The first-order chi connectivity index (χ1) is 14.7. The highest BCUT2D eigenvalue weighted by Gasteiger charge is 2.20. The number of nitrogens with zero attached hydrogens (tertiary/aromatic N) is 2. The molecule has 0 aliphatic carbocycles. The van der Waals surface area contributed by atoms with Crippen LogP contribution in [0.4, 0.5) is 5.82 Å². The van der Waals surface area contributed by atoms with Crippen LogP contribution < -0.4 is 19.1 Å². The smallest absolute Gasteiger partial charge is 0.259 e. The Labute approximate surface area is 176 Å². The summed E-state index contributed by atoms with van der Waals surface area (Å²) in [6.45, 7) is 4.37. The zero-order chi connectivity index (χ0) is 21.3. The molecule has 0 N–H and O–H groups in total. The largest absolute Gasteiger partial charge is 0.493 e. The van der Waals surface area contributed by atoms with E-state index in [4.69, 9.17) is 14.2 Å². The van der Waals surface area contributed by atoms with Gasteiger partial charge in [-0.3, -0.25) is 9.69 Å². The van der Waals surface area contributed by atoms with Crippen LogP contribution in [0.2, 0.25) is 0 Å². The van der Waals surface area contributed by atoms with Crippen LogP contribution in [-0.2, 0) is 6.54 Å². The average Bonchev–Trinajstić information content (AvgIpc) is 2.81. The summed E-state index contributed by atoms with van der Waals surface area (Å²) in [4.78, 5) is 19.3. The Morgan fingerprint density at radius 1 is 1.03 bits per heavy atom. The van der Waals surface area contributed by atoms with Crippen LogP contribution in [0.5, 0.6) is 17.2 Å². The number of amides is 1. The summed E-state index contributed by atoms with van der Waals surface area (Å²) >= 11 is 0. The van der Waals surface area contributed by atoms with Crippen molar-refractivity contribution in [3.05, 3.63) is 90.6 Å². The van der Waals surface area contributed by atoms with Crippen molar-refractivity contribution >= 4 is 11.7 Å². The predicted molar refractivity (Wildman–Crippen MR) is 116 cm³/mol. The van der Waals surface area contributed by atoms with Gasteiger partial charge in [-0.2, -0.15) is 0 Å². The van der Waals surface area contributed by atoms with Crippen molar-refractivity contribution in [2.24, 2.45) is 0 Å². The van der Waals surface area contributed by atoms with Crippen molar-refractivity contribution in [2.75, 3.05) is 25.7 Å². The monoisotopic (exact) mass is 404 g/mol. The second-order valence-electron chi connectivity index (χ2n) is 6.39. The van der Waals surface area contributed by atoms with Gasteiger partial charge in [-0.15, -0.1) is 0 Å². The van der Waals surface area contributed by atoms with E-state index in [9.17, 15) is 4.79 Å². The van der Waals surface area contributed by atoms with E-state index in [1.165, 1.54) is 0 Å². The molecule has 6 nitrogen and oxygen atoms in total. The average molecular weight is 404 g/mol. The summed E-state index contributed by atoms with van der Waals surface area (Å²) in [5.74, 6) is 2.30. The van der Waals surface area contributed by atoms with E-state index in [1.54, 1.807) is 61.7 Å². The number of benzene rings is 2. The number of anilines is 1. The van der Waals surface area contributed by atoms with Gasteiger partial charge in [0, 0.05) is 11.8 Å². The van der Waals surface area contributed by atoms with Gasteiger partial charge < -0.3 is 14.2 Å². The molecule has 2 aromatic carbocycles. The predicted octanol–water partition coefficient (Wildman–Crippen LogP) is 4.51. The van der Waals surface area contributed by atoms with Gasteiger partial charge in [0.15, 0.2) is 11.5 Å². The Hall–Kier alpha value is -3.80. The molecule has 30 heavy (non-hydrogen) atoms. The molecule has 0 saturated carbocycles. The minimum absolute atomic E-state index is 0.168. The maximum atomic E-state index is 13.3. The number of methoxy groups -OCH3 is 2. The summed E-state index contributed by atoms with van der Waals surface area (Å²) in [5.41, 5.74) is 1.42. The third kappa shape index (κ3) is 4.97. The molecule has 3 rings (SSSR count). The van der Waals surface area contributed by atoms with E-state index in [2.05, 4.69) is 11.6 Å². The lowest BCUT2D eigenvalue weighted by atomic mass is 10.1. The molecular weight excluding hydrogens is 380 g/mol. The van der Waals surface area contributed by atoms with Crippen LogP contribution in [0, 0.1) is 0 Å².